The Morgan fingerprint density at radius 3 is 2.70 bits per heavy atom. The van der Waals surface area contributed by atoms with Crippen LogP contribution in [0.1, 0.15) is 29.7 Å². The van der Waals surface area contributed by atoms with Gasteiger partial charge in [0.25, 0.3) is 0 Å². The Morgan fingerprint density at radius 1 is 1.20 bits per heavy atom. The summed E-state index contributed by atoms with van der Waals surface area (Å²) in [7, 11) is 0. The van der Waals surface area contributed by atoms with Crippen LogP contribution in [0.3, 0.4) is 0 Å². The van der Waals surface area contributed by atoms with Crippen LogP contribution in [0, 0.1) is 10.5 Å². The minimum absolute atomic E-state index is 0.299. The zero-order chi connectivity index (χ0) is 14.5. The highest BCUT2D eigenvalue weighted by Gasteiger charge is 2.14. The molecule has 0 amide bonds. The Labute approximate surface area is 139 Å². The molecule has 2 aromatic carbocycles. The SMILES string of the molecule is CCNC(Cc1cccc(C)c1)c1cc(Cl)ccc1I. The zero-order valence-electron chi connectivity index (χ0n) is 11.8. The van der Waals surface area contributed by atoms with Crippen molar-refractivity contribution in [1.82, 2.24) is 5.32 Å². The summed E-state index contributed by atoms with van der Waals surface area (Å²) in [4.78, 5) is 0. The van der Waals surface area contributed by atoms with Gasteiger partial charge in [0.1, 0.15) is 0 Å². The van der Waals surface area contributed by atoms with Gasteiger partial charge < -0.3 is 5.32 Å². The van der Waals surface area contributed by atoms with Crippen LogP contribution >= 0.6 is 34.2 Å². The topological polar surface area (TPSA) is 12.0 Å². The molecule has 3 heteroatoms. The summed E-state index contributed by atoms with van der Waals surface area (Å²) in [5.74, 6) is 0. The Balaban J connectivity index is 2.29. The van der Waals surface area contributed by atoms with E-state index in [-0.39, 0.29) is 0 Å². The second kappa shape index (κ2) is 7.43. The van der Waals surface area contributed by atoms with Crippen LogP contribution in [-0.4, -0.2) is 6.54 Å². The number of rotatable bonds is 5. The van der Waals surface area contributed by atoms with Crippen molar-refractivity contribution < 1.29 is 0 Å². The van der Waals surface area contributed by atoms with Crippen molar-refractivity contribution >= 4 is 34.2 Å². The Kier molecular flexibility index (Phi) is 5.87. The lowest BCUT2D eigenvalue weighted by atomic mass is 9.98. The highest BCUT2D eigenvalue weighted by Crippen LogP contribution is 2.26. The van der Waals surface area contributed by atoms with Crippen molar-refractivity contribution in [2.75, 3.05) is 6.54 Å². The van der Waals surface area contributed by atoms with Gasteiger partial charge in [0.05, 0.1) is 0 Å². The molecule has 0 bridgehead atoms. The van der Waals surface area contributed by atoms with Crippen LogP contribution < -0.4 is 5.32 Å². The second-order valence-electron chi connectivity index (χ2n) is 4.97. The molecule has 1 nitrogen and oxygen atoms in total. The minimum atomic E-state index is 0.299. The number of aryl methyl sites for hydroxylation is 1. The number of benzene rings is 2. The van der Waals surface area contributed by atoms with E-state index in [1.807, 2.05) is 6.07 Å². The summed E-state index contributed by atoms with van der Waals surface area (Å²) in [5.41, 5.74) is 3.94. The van der Waals surface area contributed by atoms with E-state index in [0.29, 0.717) is 6.04 Å². The molecule has 0 heterocycles. The molecule has 1 N–H and O–H groups in total. The van der Waals surface area contributed by atoms with Crippen molar-refractivity contribution in [2.45, 2.75) is 26.3 Å². The van der Waals surface area contributed by atoms with E-state index in [2.05, 4.69) is 78.2 Å². The molecule has 0 spiro atoms. The molecule has 0 saturated carbocycles. The predicted molar refractivity (Wildman–Crippen MR) is 95.5 cm³/mol. The molecule has 2 rings (SSSR count). The average Bonchev–Trinajstić information content (AvgIpc) is 2.41. The van der Waals surface area contributed by atoms with Crippen molar-refractivity contribution in [3.63, 3.8) is 0 Å². The number of hydrogen-bond donors (Lipinski definition) is 1. The largest absolute Gasteiger partial charge is 0.310 e. The molecule has 0 fully saturated rings. The van der Waals surface area contributed by atoms with Crippen LogP contribution in [0.4, 0.5) is 0 Å². The molecule has 2 aromatic rings. The van der Waals surface area contributed by atoms with Crippen molar-refractivity contribution in [1.29, 1.82) is 0 Å². The van der Waals surface area contributed by atoms with Gasteiger partial charge in [-0.25, -0.2) is 0 Å². The van der Waals surface area contributed by atoms with Crippen molar-refractivity contribution in [3.8, 4) is 0 Å². The van der Waals surface area contributed by atoms with Crippen LogP contribution in [0.2, 0.25) is 5.02 Å². The van der Waals surface area contributed by atoms with Crippen molar-refractivity contribution in [2.24, 2.45) is 0 Å². The fourth-order valence-corrected chi connectivity index (χ4v) is 3.29. The molecular formula is C17H19ClIN. The van der Waals surface area contributed by atoms with E-state index in [1.165, 1.54) is 20.3 Å². The first-order chi connectivity index (χ1) is 9.60. The number of halogens is 2. The standard InChI is InChI=1S/C17H19ClIN/c1-3-20-17(10-13-6-4-5-12(2)9-13)15-11-14(18)7-8-16(15)19/h4-9,11,17,20H,3,10H2,1-2H3. The van der Waals surface area contributed by atoms with Crippen LogP contribution in [0.15, 0.2) is 42.5 Å². The van der Waals surface area contributed by atoms with Gasteiger partial charge in [-0.15, -0.1) is 0 Å². The normalized spacial score (nSPS) is 12.4. The molecule has 0 aliphatic rings. The quantitative estimate of drug-likeness (QED) is 0.686. The lowest BCUT2D eigenvalue weighted by Gasteiger charge is -2.20. The third-order valence-corrected chi connectivity index (χ3v) is 4.52. The van der Waals surface area contributed by atoms with Crippen molar-refractivity contribution in [3.05, 3.63) is 67.7 Å². The minimum Gasteiger partial charge on any atom is -0.310 e. The molecular weight excluding hydrogens is 381 g/mol. The molecule has 106 valence electrons. The number of likely N-dealkylation sites (N-methyl/N-ethyl adjacent to an activating group) is 1. The van der Waals surface area contributed by atoms with E-state index in [1.54, 1.807) is 0 Å². The first-order valence-electron chi connectivity index (χ1n) is 6.84. The fraction of sp³-hybridized carbons (Fsp3) is 0.294. The molecule has 1 atom stereocenters. The zero-order valence-corrected chi connectivity index (χ0v) is 14.7. The molecule has 0 aliphatic carbocycles. The highest BCUT2D eigenvalue weighted by atomic mass is 127. The van der Waals surface area contributed by atoms with Gasteiger partial charge in [0.2, 0.25) is 0 Å². The lowest BCUT2D eigenvalue weighted by molar-refractivity contribution is 0.547. The van der Waals surface area contributed by atoms with Crippen LogP contribution in [0.25, 0.3) is 0 Å². The molecule has 20 heavy (non-hydrogen) atoms. The van der Waals surface area contributed by atoms with Gasteiger partial charge in [-0.2, -0.15) is 0 Å². The molecule has 0 aromatic heterocycles. The monoisotopic (exact) mass is 399 g/mol. The highest BCUT2D eigenvalue weighted by molar-refractivity contribution is 14.1. The summed E-state index contributed by atoms with van der Waals surface area (Å²) in [6.07, 6.45) is 0.978. The van der Waals surface area contributed by atoms with Gasteiger partial charge in [-0.05, 0) is 71.8 Å². The maximum atomic E-state index is 6.16. The van der Waals surface area contributed by atoms with E-state index < -0.39 is 0 Å². The Bertz CT molecular complexity index is 583. The van der Waals surface area contributed by atoms with Gasteiger partial charge in [0, 0.05) is 14.6 Å². The molecule has 0 saturated heterocycles. The smallest absolute Gasteiger partial charge is 0.0410 e. The van der Waals surface area contributed by atoms with Gasteiger partial charge in [0.15, 0.2) is 0 Å². The Hall–Kier alpha value is -0.580. The second-order valence-corrected chi connectivity index (χ2v) is 6.57. The third kappa shape index (κ3) is 4.21. The fourth-order valence-electron chi connectivity index (χ4n) is 2.39. The molecule has 0 aliphatic heterocycles. The molecule has 1 unspecified atom stereocenters. The summed E-state index contributed by atoms with van der Waals surface area (Å²) < 4.78 is 1.26. The maximum absolute atomic E-state index is 6.16. The average molecular weight is 400 g/mol. The van der Waals surface area contributed by atoms with E-state index in [4.69, 9.17) is 11.6 Å². The maximum Gasteiger partial charge on any atom is 0.0410 e. The lowest BCUT2D eigenvalue weighted by Crippen LogP contribution is -2.23. The predicted octanol–water partition coefficient (Wildman–Crippen LogP) is 5.15. The van der Waals surface area contributed by atoms with Gasteiger partial charge >= 0.3 is 0 Å². The van der Waals surface area contributed by atoms with E-state index in [0.717, 1.165) is 18.0 Å². The summed E-state index contributed by atoms with van der Waals surface area (Å²) in [6.45, 7) is 5.22. The third-order valence-electron chi connectivity index (χ3n) is 3.31. The Morgan fingerprint density at radius 2 is 2.00 bits per heavy atom. The number of nitrogens with one attached hydrogen (secondary N) is 1. The first kappa shape index (κ1) is 15.8. The molecule has 0 radical (unpaired) electrons. The first-order valence-corrected chi connectivity index (χ1v) is 8.29. The number of hydrogen-bond acceptors (Lipinski definition) is 1. The summed E-state index contributed by atoms with van der Waals surface area (Å²) in [6, 6.07) is 15.1. The summed E-state index contributed by atoms with van der Waals surface area (Å²) >= 11 is 8.54. The van der Waals surface area contributed by atoms with Crippen LogP contribution in [0.5, 0.6) is 0 Å². The van der Waals surface area contributed by atoms with Gasteiger partial charge in [-0.3, -0.25) is 0 Å². The van der Waals surface area contributed by atoms with E-state index >= 15 is 0 Å². The van der Waals surface area contributed by atoms with Crippen LogP contribution in [-0.2, 0) is 6.42 Å². The van der Waals surface area contributed by atoms with Gasteiger partial charge in [-0.1, -0.05) is 48.4 Å². The van der Waals surface area contributed by atoms with E-state index in [9.17, 15) is 0 Å². The summed E-state index contributed by atoms with van der Waals surface area (Å²) in [5, 5.41) is 4.37.